The van der Waals surface area contributed by atoms with Gasteiger partial charge in [0.1, 0.15) is 26.8 Å². The van der Waals surface area contributed by atoms with Gasteiger partial charge in [-0.2, -0.15) is 0 Å². The molecule has 0 radical (unpaired) electrons. The lowest BCUT2D eigenvalue weighted by atomic mass is 10.7. The monoisotopic (exact) mass is 222 g/mol. The smallest absolute Gasteiger partial charge is 0.339 e. The van der Waals surface area contributed by atoms with E-state index >= 15 is 0 Å². The normalized spacial score (nSPS) is 10.0. The van der Waals surface area contributed by atoms with E-state index in [0.29, 0.717) is 0 Å². The second-order valence-electron chi connectivity index (χ2n) is 2.36. The number of methoxy groups -OCH3 is 2. The van der Waals surface area contributed by atoms with E-state index in [1.165, 1.54) is 14.2 Å². The van der Waals surface area contributed by atoms with Crippen LogP contribution in [-0.2, 0) is 33.3 Å². The van der Waals surface area contributed by atoms with Crippen molar-refractivity contribution in [1.29, 1.82) is 0 Å². The van der Waals surface area contributed by atoms with E-state index in [1.807, 2.05) is 0 Å². The SMILES string of the molecule is COCOCC(=O)OC(=O)COCOC. The Bertz CT molecular complexity index is 171. The first-order valence-electron chi connectivity index (χ1n) is 4.07. The quantitative estimate of drug-likeness (QED) is 0.232. The van der Waals surface area contributed by atoms with Crippen LogP contribution in [0.4, 0.5) is 0 Å². The Balaban J connectivity index is 3.45. The van der Waals surface area contributed by atoms with Crippen LogP contribution >= 0.6 is 0 Å². The maximum Gasteiger partial charge on any atom is 0.339 e. The summed E-state index contributed by atoms with van der Waals surface area (Å²) in [6.07, 6.45) is 0. The number of hydrogen-bond acceptors (Lipinski definition) is 7. The van der Waals surface area contributed by atoms with E-state index in [2.05, 4.69) is 23.7 Å². The van der Waals surface area contributed by atoms with Gasteiger partial charge in [-0.1, -0.05) is 0 Å². The first kappa shape index (κ1) is 14.0. The highest BCUT2D eigenvalue weighted by molar-refractivity contribution is 5.86. The minimum absolute atomic E-state index is 0.0382. The van der Waals surface area contributed by atoms with Crippen molar-refractivity contribution < 1.29 is 33.3 Å². The van der Waals surface area contributed by atoms with Crippen molar-refractivity contribution in [3.05, 3.63) is 0 Å². The number of carbonyl (C=O) groups is 2. The molecule has 7 heteroatoms. The Morgan fingerprint density at radius 1 is 0.867 bits per heavy atom. The highest BCUT2D eigenvalue weighted by Crippen LogP contribution is 1.86. The maximum absolute atomic E-state index is 10.9. The van der Waals surface area contributed by atoms with E-state index in [4.69, 9.17) is 0 Å². The van der Waals surface area contributed by atoms with Gasteiger partial charge in [0.05, 0.1) is 0 Å². The van der Waals surface area contributed by atoms with E-state index < -0.39 is 11.9 Å². The summed E-state index contributed by atoms with van der Waals surface area (Å²) in [5.41, 5.74) is 0. The summed E-state index contributed by atoms with van der Waals surface area (Å²) in [5.74, 6) is -1.59. The molecule has 0 aliphatic carbocycles. The molecule has 0 saturated carbocycles. The molecule has 0 aromatic carbocycles. The summed E-state index contributed by atoms with van der Waals surface area (Å²) in [6.45, 7) is -0.763. The van der Waals surface area contributed by atoms with Crippen LogP contribution in [0, 0.1) is 0 Å². The van der Waals surface area contributed by atoms with Crippen molar-refractivity contribution >= 4 is 11.9 Å². The fourth-order valence-electron chi connectivity index (χ4n) is 0.603. The fourth-order valence-corrected chi connectivity index (χ4v) is 0.603. The van der Waals surface area contributed by atoms with E-state index in [0.717, 1.165) is 0 Å². The highest BCUT2D eigenvalue weighted by Gasteiger charge is 2.10. The largest absolute Gasteiger partial charge is 0.390 e. The zero-order chi connectivity index (χ0) is 11.5. The molecular formula is C8H14O7. The second-order valence-corrected chi connectivity index (χ2v) is 2.36. The third kappa shape index (κ3) is 9.29. The average Bonchev–Trinajstić information content (AvgIpc) is 2.18. The zero-order valence-electron chi connectivity index (χ0n) is 8.69. The van der Waals surface area contributed by atoms with Crippen LogP contribution < -0.4 is 0 Å². The lowest BCUT2D eigenvalue weighted by Crippen LogP contribution is -2.21. The van der Waals surface area contributed by atoms with Gasteiger partial charge in [-0.3, -0.25) is 0 Å². The van der Waals surface area contributed by atoms with Gasteiger partial charge in [0.15, 0.2) is 0 Å². The molecule has 0 N–H and O–H groups in total. The minimum Gasteiger partial charge on any atom is -0.390 e. The number of rotatable bonds is 8. The lowest BCUT2D eigenvalue weighted by molar-refractivity contribution is -0.170. The van der Waals surface area contributed by atoms with Crippen LogP contribution in [0.5, 0.6) is 0 Å². The summed E-state index contributed by atoms with van der Waals surface area (Å²) in [7, 11) is 2.82. The van der Waals surface area contributed by atoms with E-state index in [1.54, 1.807) is 0 Å². The van der Waals surface area contributed by atoms with E-state index in [-0.39, 0.29) is 26.8 Å². The van der Waals surface area contributed by atoms with Crippen molar-refractivity contribution in [3.63, 3.8) is 0 Å². The predicted octanol–water partition coefficient (Wildman–Crippen LogP) is -0.703. The van der Waals surface area contributed by atoms with Crippen molar-refractivity contribution in [1.82, 2.24) is 0 Å². The molecule has 0 heterocycles. The summed E-state index contributed by atoms with van der Waals surface area (Å²) in [4.78, 5) is 21.7. The number of ether oxygens (including phenoxy) is 5. The van der Waals surface area contributed by atoms with Crippen LogP contribution in [-0.4, -0.2) is 53.0 Å². The molecule has 0 fully saturated rings. The predicted molar refractivity (Wildman–Crippen MR) is 46.8 cm³/mol. The lowest BCUT2D eigenvalue weighted by Gasteiger charge is -2.04. The summed E-state index contributed by atoms with van der Waals surface area (Å²) in [5, 5.41) is 0. The van der Waals surface area contributed by atoms with Crippen LogP contribution in [0.25, 0.3) is 0 Å². The molecule has 0 atom stereocenters. The average molecular weight is 222 g/mol. The first-order valence-corrected chi connectivity index (χ1v) is 4.07. The maximum atomic E-state index is 10.9. The third-order valence-corrected chi connectivity index (χ3v) is 1.07. The van der Waals surface area contributed by atoms with Gasteiger partial charge >= 0.3 is 11.9 Å². The standard InChI is InChI=1S/C8H14O7/c1-11-5-13-3-7(9)15-8(10)4-14-6-12-2/h3-6H2,1-2H3. The number of esters is 2. The summed E-state index contributed by atoms with van der Waals surface area (Å²) < 4.78 is 22.7. The molecule has 0 rings (SSSR count). The van der Waals surface area contributed by atoms with Crippen LogP contribution in [0.2, 0.25) is 0 Å². The molecule has 7 nitrogen and oxygen atoms in total. The molecule has 0 aliphatic heterocycles. The Morgan fingerprint density at radius 2 is 1.27 bits per heavy atom. The van der Waals surface area contributed by atoms with Gasteiger partial charge in [-0.15, -0.1) is 0 Å². The number of carbonyl (C=O) groups excluding carboxylic acids is 2. The Labute approximate surface area is 87.2 Å². The molecule has 0 saturated heterocycles. The first-order chi connectivity index (χ1) is 7.20. The molecule has 0 spiro atoms. The Morgan fingerprint density at radius 3 is 1.60 bits per heavy atom. The second kappa shape index (κ2) is 9.53. The zero-order valence-corrected chi connectivity index (χ0v) is 8.69. The molecular weight excluding hydrogens is 208 g/mol. The highest BCUT2D eigenvalue weighted by atomic mass is 16.7. The Kier molecular flexibility index (Phi) is 8.88. The summed E-state index contributed by atoms with van der Waals surface area (Å²) in [6, 6.07) is 0. The van der Waals surface area contributed by atoms with Crippen molar-refractivity contribution in [2.45, 2.75) is 0 Å². The molecule has 0 aliphatic rings. The Hall–Kier alpha value is -1.02. The van der Waals surface area contributed by atoms with Gasteiger partial charge in [0, 0.05) is 14.2 Å². The molecule has 0 unspecified atom stereocenters. The molecule has 15 heavy (non-hydrogen) atoms. The molecule has 0 bridgehead atoms. The van der Waals surface area contributed by atoms with Crippen molar-refractivity contribution in [3.8, 4) is 0 Å². The van der Waals surface area contributed by atoms with E-state index in [9.17, 15) is 9.59 Å². The van der Waals surface area contributed by atoms with Crippen molar-refractivity contribution in [2.24, 2.45) is 0 Å². The minimum atomic E-state index is -0.793. The van der Waals surface area contributed by atoms with Gasteiger partial charge in [0.2, 0.25) is 0 Å². The topological polar surface area (TPSA) is 80.3 Å². The molecule has 0 aromatic rings. The fraction of sp³-hybridized carbons (Fsp3) is 0.750. The van der Waals surface area contributed by atoms with Gasteiger partial charge < -0.3 is 23.7 Å². The van der Waals surface area contributed by atoms with Gasteiger partial charge in [-0.25, -0.2) is 9.59 Å². The van der Waals surface area contributed by atoms with Crippen LogP contribution in [0.15, 0.2) is 0 Å². The van der Waals surface area contributed by atoms with Crippen LogP contribution in [0.3, 0.4) is 0 Å². The summed E-state index contributed by atoms with van der Waals surface area (Å²) >= 11 is 0. The van der Waals surface area contributed by atoms with Gasteiger partial charge in [0.25, 0.3) is 0 Å². The molecule has 0 amide bonds. The van der Waals surface area contributed by atoms with Gasteiger partial charge in [-0.05, 0) is 0 Å². The molecule has 0 aromatic heterocycles. The number of hydrogen-bond donors (Lipinski definition) is 0. The molecule has 88 valence electrons. The van der Waals surface area contributed by atoms with Crippen molar-refractivity contribution in [2.75, 3.05) is 41.0 Å². The van der Waals surface area contributed by atoms with Crippen LogP contribution in [0.1, 0.15) is 0 Å². The third-order valence-electron chi connectivity index (χ3n) is 1.07.